The van der Waals surface area contributed by atoms with Crippen LogP contribution in [0.3, 0.4) is 0 Å². The van der Waals surface area contributed by atoms with Gasteiger partial charge in [-0.3, -0.25) is 19.4 Å². The number of para-hydroxylation sites is 1. The van der Waals surface area contributed by atoms with Gasteiger partial charge in [-0.2, -0.15) is 0 Å². The van der Waals surface area contributed by atoms with E-state index in [2.05, 4.69) is 4.57 Å². The number of hydrogen-bond donors (Lipinski definition) is 0. The maximum Gasteiger partial charge on any atom is 0.333 e. The summed E-state index contributed by atoms with van der Waals surface area (Å²) in [4.78, 5) is 40.2. The molecule has 1 fully saturated rings. The molecule has 0 N–H and O–H groups in total. The number of urea groups is 1. The first-order valence-electron chi connectivity index (χ1n) is 9.65. The minimum atomic E-state index is -0.631. The first-order valence-corrected chi connectivity index (χ1v) is 11.0. The van der Waals surface area contributed by atoms with Crippen LogP contribution in [0, 0.1) is 0 Å². The fourth-order valence-electron chi connectivity index (χ4n) is 3.50. The van der Waals surface area contributed by atoms with Crippen molar-refractivity contribution in [2.75, 3.05) is 19.8 Å². The Morgan fingerprint density at radius 3 is 2.26 bits per heavy atom. The molecule has 0 spiro atoms. The second kappa shape index (κ2) is 8.61. The maximum absolute atomic E-state index is 12.6. The monoisotopic (exact) mass is 453 g/mol. The summed E-state index contributed by atoms with van der Waals surface area (Å²) in [7, 11) is 2.75. The van der Waals surface area contributed by atoms with Crippen LogP contribution in [-0.4, -0.2) is 52.1 Å². The van der Waals surface area contributed by atoms with Gasteiger partial charge >= 0.3 is 6.03 Å². The summed E-state index contributed by atoms with van der Waals surface area (Å²) in [6.07, 6.45) is 3.52. The fourth-order valence-corrected chi connectivity index (χ4v) is 4.48. The summed E-state index contributed by atoms with van der Waals surface area (Å²) in [5.74, 6) is -0.347. The third kappa shape index (κ3) is 4.11. The zero-order chi connectivity index (χ0) is 22.1. The summed E-state index contributed by atoms with van der Waals surface area (Å²) >= 11 is 7.67. The highest BCUT2D eigenvalue weighted by Gasteiger charge is 2.37. The maximum atomic E-state index is 12.6. The summed E-state index contributed by atoms with van der Waals surface area (Å²) < 4.78 is 2.11. The second-order valence-corrected chi connectivity index (χ2v) is 8.77. The highest BCUT2D eigenvalue weighted by Crippen LogP contribution is 2.27. The molecule has 158 valence electrons. The molecule has 1 aliphatic rings. The number of thioether (sulfide) groups is 1. The Kier molecular flexibility index (Phi) is 5.89. The van der Waals surface area contributed by atoms with Crippen molar-refractivity contribution in [3.63, 3.8) is 0 Å². The predicted molar refractivity (Wildman–Crippen MR) is 123 cm³/mol. The third-order valence-electron chi connectivity index (χ3n) is 5.18. The van der Waals surface area contributed by atoms with Crippen LogP contribution in [0.2, 0.25) is 5.02 Å². The highest BCUT2D eigenvalue weighted by molar-refractivity contribution is 7.99. The van der Waals surface area contributed by atoms with Crippen molar-refractivity contribution in [1.29, 1.82) is 0 Å². The lowest BCUT2D eigenvalue weighted by atomic mass is 10.1. The molecule has 1 aromatic heterocycles. The normalized spacial score (nSPS) is 14.7. The second-order valence-electron chi connectivity index (χ2n) is 7.17. The number of fused-ring (bicyclic) bond motifs is 1. The van der Waals surface area contributed by atoms with Gasteiger partial charge in [0.2, 0.25) is 0 Å². The Labute approximate surface area is 189 Å². The van der Waals surface area contributed by atoms with E-state index in [4.69, 9.17) is 11.6 Å². The molecule has 4 rings (SSSR count). The van der Waals surface area contributed by atoms with Crippen LogP contribution < -0.4 is 0 Å². The van der Waals surface area contributed by atoms with Gasteiger partial charge in [0.1, 0.15) is 5.57 Å². The summed E-state index contributed by atoms with van der Waals surface area (Å²) in [6, 6.07) is 14.9. The molecule has 0 unspecified atom stereocenters. The number of likely N-dealkylation sites (N-methyl/N-ethyl adjacent to an activating group) is 2. The van der Waals surface area contributed by atoms with E-state index in [-0.39, 0.29) is 5.57 Å². The van der Waals surface area contributed by atoms with E-state index in [0.717, 1.165) is 43.5 Å². The van der Waals surface area contributed by atoms with E-state index >= 15 is 0 Å². The third-order valence-corrected chi connectivity index (χ3v) is 6.42. The summed E-state index contributed by atoms with van der Waals surface area (Å²) in [5.41, 5.74) is 1.75. The molecule has 0 saturated carbocycles. The number of benzene rings is 2. The molecular formula is C23H20ClN3O3S. The first kappa shape index (κ1) is 21.2. The molecule has 0 aliphatic carbocycles. The number of rotatable bonds is 5. The van der Waals surface area contributed by atoms with Crippen LogP contribution >= 0.6 is 23.4 Å². The molecule has 1 saturated heterocycles. The highest BCUT2D eigenvalue weighted by atomic mass is 35.5. The average molecular weight is 454 g/mol. The average Bonchev–Trinajstić information content (AvgIpc) is 3.13. The van der Waals surface area contributed by atoms with Crippen molar-refractivity contribution in [3.8, 4) is 0 Å². The molecule has 6 nitrogen and oxygen atoms in total. The molecule has 4 amide bonds. The molecule has 31 heavy (non-hydrogen) atoms. The smallest absolute Gasteiger partial charge is 0.333 e. The number of carbonyl (C=O) groups excluding carboxylic acids is 3. The van der Waals surface area contributed by atoms with E-state index in [1.165, 1.54) is 14.1 Å². The van der Waals surface area contributed by atoms with E-state index in [1.807, 2.05) is 54.7 Å². The lowest BCUT2D eigenvalue weighted by Gasteiger charge is -2.28. The Balaban J connectivity index is 1.63. The SMILES string of the molecule is CN1C(=O)C(=Cc2cn(CCSc3ccc(Cl)cc3)c3ccccc23)C(=O)N(C)C1=O. The number of amides is 4. The van der Waals surface area contributed by atoms with Crippen LogP contribution in [0.4, 0.5) is 4.79 Å². The van der Waals surface area contributed by atoms with Crippen molar-refractivity contribution in [3.05, 3.63) is 70.9 Å². The van der Waals surface area contributed by atoms with Crippen LogP contribution in [0.5, 0.6) is 0 Å². The van der Waals surface area contributed by atoms with Gasteiger partial charge in [0.25, 0.3) is 11.8 Å². The molecule has 0 radical (unpaired) electrons. The Hall–Kier alpha value is -3.03. The summed E-state index contributed by atoms with van der Waals surface area (Å²) in [5, 5.41) is 1.65. The Morgan fingerprint density at radius 2 is 1.58 bits per heavy atom. The Morgan fingerprint density at radius 1 is 0.935 bits per heavy atom. The van der Waals surface area contributed by atoms with Crippen molar-refractivity contribution in [2.24, 2.45) is 0 Å². The van der Waals surface area contributed by atoms with Crippen LogP contribution in [0.25, 0.3) is 17.0 Å². The van der Waals surface area contributed by atoms with Gasteiger partial charge in [0, 0.05) is 59.0 Å². The number of hydrogen-bond acceptors (Lipinski definition) is 4. The largest absolute Gasteiger partial charge is 0.346 e. The number of aryl methyl sites for hydroxylation is 1. The number of carbonyl (C=O) groups is 3. The molecule has 2 aromatic carbocycles. The Bertz CT molecular complexity index is 1190. The van der Waals surface area contributed by atoms with Crippen molar-refractivity contribution in [2.45, 2.75) is 11.4 Å². The molecule has 8 heteroatoms. The fraction of sp³-hybridized carbons (Fsp3) is 0.174. The standard InChI is InChI=1S/C23H20ClN3O3S/c1-25-21(28)19(22(29)26(2)23(25)30)13-15-14-27(20-6-4-3-5-18(15)20)11-12-31-17-9-7-16(24)8-10-17/h3-10,13-14H,11-12H2,1-2H3. The van der Waals surface area contributed by atoms with Crippen LogP contribution in [0.1, 0.15) is 5.56 Å². The molecular weight excluding hydrogens is 434 g/mol. The minimum absolute atomic E-state index is 0.0250. The van der Waals surface area contributed by atoms with Crippen molar-refractivity contribution >= 4 is 58.2 Å². The van der Waals surface area contributed by atoms with E-state index in [1.54, 1.807) is 17.8 Å². The van der Waals surface area contributed by atoms with Gasteiger partial charge in [-0.1, -0.05) is 29.8 Å². The van der Waals surface area contributed by atoms with Crippen LogP contribution in [0.15, 0.2) is 65.2 Å². The molecule has 0 atom stereocenters. The lowest BCUT2D eigenvalue weighted by Crippen LogP contribution is -2.52. The van der Waals surface area contributed by atoms with Crippen molar-refractivity contribution in [1.82, 2.24) is 14.4 Å². The molecule has 2 heterocycles. The van der Waals surface area contributed by atoms with E-state index in [9.17, 15) is 14.4 Å². The number of imide groups is 2. The minimum Gasteiger partial charge on any atom is -0.346 e. The van der Waals surface area contributed by atoms with Crippen LogP contribution in [-0.2, 0) is 16.1 Å². The van der Waals surface area contributed by atoms with Crippen molar-refractivity contribution < 1.29 is 14.4 Å². The molecule has 3 aromatic rings. The predicted octanol–water partition coefficient (Wildman–Crippen LogP) is 4.52. The quantitative estimate of drug-likeness (QED) is 0.323. The summed E-state index contributed by atoms with van der Waals surface area (Å²) in [6.45, 7) is 0.747. The molecule has 0 bridgehead atoms. The van der Waals surface area contributed by atoms with Gasteiger partial charge in [-0.25, -0.2) is 4.79 Å². The zero-order valence-electron chi connectivity index (χ0n) is 17.0. The topological polar surface area (TPSA) is 62.6 Å². The van der Waals surface area contributed by atoms with Gasteiger partial charge < -0.3 is 4.57 Å². The van der Waals surface area contributed by atoms with Gasteiger partial charge in [0.15, 0.2) is 0 Å². The zero-order valence-corrected chi connectivity index (χ0v) is 18.6. The van der Waals surface area contributed by atoms with Gasteiger partial charge in [-0.05, 0) is 36.4 Å². The number of halogens is 1. The van der Waals surface area contributed by atoms with Gasteiger partial charge in [-0.15, -0.1) is 11.8 Å². The number of aromatic nitrogens is 1. The number of nitrogens with zero attached hydrogens (tertiary/aromatic N) is 3. The lowest BCUT2D eigenvalue weighted by molar-refractivity contribution is -0.134. The molecule has 1 aliphatic heterocycles. The van der Waals surface area contributed by atoms with Gasteiger partial charge in [0.05, 0.1) is 0 Å². The first-order chi connectivity index (χ1) is 14.9. The van der Waals surface area contributed by atoms with E-state index in [0.29, 0.717) is 5.02 Å². The van der Waals surface area contributed by atoms with E-state index < -0.39 is 17.8 Å². The number of barbiturate groups is 1.